The molecule has 1 N–H and O–H groups in total. The van der Waals surface area contributed by atoms with E-state index in [9.17, 15) is 4.39 Å². The summed E-state index contributed by atoms with van der Waals surface area (Å²) in [7, 11) is 1.94. The van der Waals surface area contributed by atoms with Gasteiger partial charge in [-0.15, -0.1) is 0 Å². The first kappa shape index (κ1) is 14.8. The highest BCUT2D eigenvalue weighted by atomic mass is 35.5. The fourth-order valence-electron chi connectivity index (χ4n) is 2.05. The van der Waals surface area contributed by atoms with Gasteiger partial charge in [-0.05, 0) is 43.3 Å². The predicted octanol–water partition coefficient (Wildman–Crippen LogP) is 4.94. The quantitative estimate of drug-likeness (QED) is 0.843. The fraction of sp³-hybridized carbons (Fsp3) is 0.250. The summed E-state index contributed by atoms with van der Waals surface area (Å²) < 4.78 is 18.7. The van der Waals surface area contributed by atoms with Crippen molar-refractivity contribution in [2.24, 2.45) is 0 Å². The van der Waals surface area contributed by atoms with Crippen LogP contribution in [0.3, 0.4) is 0 Å². The Morgan fingerprint density at radius 3 is 2.35 bits per heavy atom. The maximum absolute atomic E-state index is 13.1. The van der Waals surface area contributed by atoms with E-state index >= 15 is 0 Å². The molecular formula is C16H17ClFNO. The van der Waals surface area contributed by atoms with Crippen molar-refractivity contribution in [2.75, 3.05) is 7.05 Å². The average molecular weight is 294 g/mol. The lowest BCUT2D eigenvalue weighted by Gasteiger charge is -2.14. The highest BCUT2D eigenvalue weighted by Gasteiger charge is 2.07. The molecule has 1 unspecified atom stereocenters. The average Bonchev–Trinajstić information content (AvgIpc) is 2.46. The molecule has 0 aromatic heterocycles. The van der Waals surface area contributed by atoms with Crippen LogP contribution in [-0.4, -0.2) is 7.05 Å². The zero-order valence-corrected chi connectivity index (χ0v) is 12.2. The van der Waals surface area contributed by atoms with Crippen LogP contribution >= 0.6 is 11.6 Å². The zero-order valence-electron chi connectivity index (χ0n) is 11.5. The van der Waals surface area contributed by atoms with E-state index in [1.807, 2.05) is 31.3 Å². The molecule has 0 aliphatic heterocycles. The molecule has 0 aliphatic carbocycles. The normalized spacial score (nSPS) is 12.2. The molecule has 0 amide bonds. The Labute approximate surface area is 123 Å². The molecule has 0 radical (unpaired) electrons. The van der Waals surface area contributed by atoms with E-state index in [4.69, 9.17) is 16.3 Å². The Morgan fingerprint density at radius 2 is 1.80 bits per heavy atom. The summed E-state index contributed by atoms with van der Waals surface area (Å²) in [5.41, 5.74) is 1.21. The molecule has 0 saturated carbocycles. The molecule has 2 aromatic rings. The van der Waals surface area contributed by atoms with Crippen molar-refractivity contribution in [3.8, 4) is 11.5 Å². The molecule has 106 valence electrons. The van der Waals surface area contributed by atoms with Crippen LogP contribution in [0.5, 0.6) is 11.5 Å². The fourth-order valence-corrected chi connectivity index (χ4v) is 2.22. The molecule has 2 nitrogen and oxygen atoms in total. The summed E-state index contributed by atoms with van der Waals surface area (Å²) >= 11 is 5.72. The van der Waals surface area contributed by atoms with E-state index < -0.39 is 5.82 Å². The van der Waals surface area contributed by atoms with Gasteiger partial charge in [0, 0.05) is 12.1 Å². The van der Waals surface area contributed by atoms with Crippen LogP contribution in [0.4, 0.5) is 4.39 Å². The van der Waals surface area contributed by atoms with Crippen molar-refractivity contribution in [3.63, 3.8) is 0 Å². The van der Waals surface area contributed by atoms with Gasteiger partial charge in [-0.2, -0.15) is 0 Å². The summed E-state index contributed by atoms with van der Waals surface area (Å²) in [5.74, 6) is 0.765. The van der Waals surface area contributed by atoms with Crippen LogP contribution < -0.4 is 10.1 Å². The first-order chi connectivity index (χ1) is 9.63. The van der Waals surface area contributed by atoms with Crippen molar-refractivity contribution in [2.45, 2.75) is 19.4 Å². The highest BCUT2D eigenvalue weighted by molar-refractivity contribution is 6.30. The molecule has 1 atom stereocenters. The lowest BCUT2D eigenvalue weighted by Crippen LogP contribution is -2.14. The Bertz CT molecular complexity index is 567. The van der Waals surface area contributed by atoms with Crippen LogP contribution in [0.1, 0.15) is 24.9 Å². The van der Waals surface area contributed by atoms with E-state index in [1.165, 1.54) is 17.7 Å². The second-order valence-corrected chi connectivity index (χ2v) is 4.90. The molecule has 2 aromatic carbocycles. The highest BCUT2D eigenvalue weighted by Crippen LogP contribution is 2.27. The third kappa shape index (κ3) is 3.50. The predicted molar refractivity (Wildman–Crippen MR) is 80.0 cm³/mol. The Hall–Kier alpha value is -1.58. The molecule has 2 rings (SSSR count). The maximum atomic E-state index is 13.1. The van der Waals surface area contributed by atoms with Gasteiger partial charge in [0.25, 0.3) is 0 Å². The second-order valence-electron chi connectivity index (χ2n) is 4.50. The van der Waals surface area contributed by atoms with Crippen molar-refractivity contribution >= 4 is 11.6 Å². The lowest BCUT2D eigenvalue weighted by molar-refractivity contribution is 0.479. The minimum absolute atomic E-state index is 0.0559. The SMILES string of the molecule is CCC(NC)c1ccc(Oc2ccc(F)c(Cl)c2)cc1. The monoisotopic (exact) mass is 293 g/mol. The van der Waals surface area contributed by atoms with Crippen molar-refractivity contribution < 1.29 is 9.13 Å². The molecule has 0 spiro atoms. The summed E-state index contributed by atoms with van der Waals surface area (Å²) in [4.78, 5) is 0. The zero-order chi connectivity index (χ0) is 14.5. The third-order valence-electron chi connectivity index (χ3n) is 3.17. The number of ether oxygens (including phenoxy) is 1. The number of nitrogens with one attached hydrogen (secondary N) is 1. The smallest absolute Gasteiger partial charge is 0.142 e. The molecule has 20 heavy (non-hydrogen) atoms. The van der Waals surface area contributed by atoms with Gasteiger partial charge in [-0.3, -0.25) is 0 Å². The van der Waals surface area contributed by atoms with E-state index in [2.05, 4.69) is 12.2 Å². The number of benzene rings is 2. The lowest BCUT2D eigenvalue weighted by atomic mass is 10.0. The van der Waals surface area contributed by atoms with Gasteiger partial charge in [0.1, 0.15) is 17.3 Å². The van der Waals surface area contributed by atoms with Crippen LogP contribution in [-0.2, 0) is 0 Å². The van der Waals surface area contributed by atoms with Crippen LogP contribution in [0, 0.1) is 5.82 Å². The van der Waals surface area contributed by atoms with Gasteiger partial charge in [0.15, 0.2) is 0 Å². The minimum atomic E-state index is -0.450. The molecule has 0 fully saturated rings. The largest absolute Gasteiger partial charge is 0.457 e. The molecule has 0 bridgehead atoms. The number of hydrogen-bond acceptors (Lipinski definition) is 2. The first-order valence-electron chi connectivity index (χ1n) is 6.54. The number of halogens is 2. The third-order valence-corrected chi connectivity index (χ3v) is 3.46. The van der Waals surface area contributed by atoms with E-state index in [0.29, 0.717) is 17.5 Å². The van der Waals surface area contributed by atoms with Crippen molar-refractivity contribution in [1.29, 1.82) is 0 Å². The van der Waals surface area contributed by atoms with Crippen molar-refractivity contribution in [1.82, 2.24) is 5.32 Å². The van der Waals surface area contributed by atoms with Gasteiger partial charge >= 0.3 is 0 Å². The summed E-state index contributed by atoms with van der Waals surface area (Å²) in [6.07, 6.45) is 1.02. The first-order valence-corrected chi connectivity index (χ1v) is 6.92. The number of hydrogen-bond donors (Lipinski definition) is 1. The van der Waals surface area contributed by atoms with Crippen LogP contribution in [0.2, 0.25) is 5.02 Å². The summed E-state index contributed by atoms with van der Waals surface area (Å²) in [6.45, 7) is 2.13. The van der Waals surface area contributed by atoms with Crippen molar-refractivity contribution in [3.05, 3.63) is 58.9 Å². The Morgan fingerprint density at radius 1 is 1.15 bits per heavy atom. The molecular weight excluding hydrogens is 277 g/mol. The van der Waals surface area contributed by atoms with E-state index in [0.717, 1.165) is 6.42 Å². The molecule has 4 heteroatoms. The standard InChI is InChI=1S/C16H17ClFNO/c1-3-16(19-2)11-4-6-12(7-5-11)20-13-8-9-15(18)14(17)10-13/h4-10,16,19H,3H2,1-2H3. The van der Waals surface area contributed by atoms with Gasteiger partial charge in [0.2, 0.25) is 0 Å². The summed E-state index contributed by atoms with van der Waals surface area (Å²) in [5, 5.41) is 3.31. The van der Waals surface area contributed by atoms with E-state index in [1.54, 1.807) is 6.07 Å². The minimum Gasteiger partial charge on any atom is -0.457 e. The number of rotatable bonds is 5. The van der Waals surface area contributed by atoms with Gasteiger partial charge in [-0.25, -0.2) is 4.39 Å². The topological polar surface area (TPSA) is 21.3 Å². The second kappa shape index (κ2) is 6.73. The van der Waals surface area contributed by atoms with Gasteiger partial charge in [0.05, 0.1) is 5.02 Å². The van der Waals surface area contributed by atoms with Crippen LogP contribution in [0.15, 0.2) is 42.5 Å². The molecule has 0 saturated heterocycles. The van der Waals surface area contributed by atoms with Gasteiger partial charge < -0.3 is 10.1 Å². The van der Waals surface area contributed by atoms with Gasteiger partial charge in [-0.1, -0.05) is 30.7 Å². The summed E-state index contributed by atoms with van der Waals surface area (Å²) in [6, 6.07) is 12.5. The molecule has 0 aliphatic rings. The maximum Gasteiger partial charge on any atom is 0.142 e. The Kier molecular flexibility index (Phi) is 4.99. The Balaban J connectivity index is 2.12. The molecule has 0 heterocycles. The van der Waals surface area contributed by atoms with E-state index in [-0.39, 0.29) is 5.02 Å². The van der Waals surface area contributed by atoms with Crippen LogP contribution in [0.25, 0.3) is 0 Å².